The number of halogens is 1. The summed E-state index contributed by atoms with van der Waals surface area (Å²) in [5, 5.41) is 23.6. The van der Waals surface area contributed by atoms with Crippen molar-refractivity contribution in [3.63, 3.8) is 0 Å². The molecule has 0 spiro atoms. The number of fused-ring (bicyclic) bond motifs is 1. The van der Waals surface area contributed by atoms with Crippen LogP contribution in [0.5, 0.6) is 0 Å². The summed E-state index contributed by atoms with van der Waals surface area (Å²) in [5.41, 5.74) is -0.0285. The predicted octanol–water partition coefficient (Wildman–Crippen LogP) is 3.51. The maximum Gasteiger partial charge on any atom is 0.269 e. The first-order valence-electron chi connectivity index (χ1n) is 7.29. The Hall–Kier alpha value is -3.07. The van der Waals surface area contributed by atoms with E-state index < -0.39 is 10.4 Å². The van der Waals surface area contributed by atoms with Gasteiger partial charge in [-0.15, -0.1) is 10.2 Å². The van der Waals surface area contributed by atoms with Crippen molar-refractivity contribution in [3.8, 4) is 11.4 Å². The number of non-ortho nitro benzene ring substituents is 1. The van der Waals surface area contributed by atoms with E-state index in [1.807, 2.05) is 30.3 Å². The van der Waals surface area contributed by atoms with E-state index >= 15 is 0 Å². The zero-order valence-electron chi connectivity index (χ0n) is 12.6. The molecule has 7 nitrogen and oxygen atoms in total. The molecule has 0 radical (unpaired) electrons. The first kappa shape index (κ1) is 15.5. The smallest absolute Gasteiger partial charge is 0.258 e. The van der Waals surface area contributed by atoms with E-state index in [0.717, 1.165) is 17.3 Å². The molecule has 1 aliphatic heterocycles. The minimum absolute atomic E-state index is 0.0572. The number of hydrogen-bond donors (Lipinski definition) is 0. The van der Waals surface area contributed by atoms with Crippen LogP contribution in [0.1, 0.15) is 5.56 Å². The van der Waals surface area contributed by atoms with E-state index in [4.69, 9.17) is 0 Å². The van der Waals surface area contributed by atoms with Gasteiger partial charge in [-0.1, -0.05) is 30.3 Å². The highest BCUT2D eigenvalue weighted by Crippen LogP contribution is 2.33. The summed E-state index contributed by atoms with van der Waals surface area (Å²) in [6.07, 6.45) is 0. The number of benzene rings is 2. The quantitative estimate of drug-likeness (QED) is 0.530. The van der Waals surface area contributed by atoms with Gasteiger partial charge in [-0.3, -0.25) is 10.1 Å². The van der Waals surface area contributed by atoms with Crippen molar-refractivity contribution in [2.24, 2.45) is 5.10 Å². The van der Waals surface area contributed by atoms with Crippen LogP contribution < -0.4 is 0 Å². The molecule has 0 N–H and O–H groups in total. The van der Waals surface area contributed by atoms with E-state index in [2.05, 4.69) is 15.3 Å². The summed E-state index contributed by atoms with van der Waals surface area (Å²) in [6, 6.07) is 15.0. The SMILES string of the molecule is O=[N+]([O-])c1ccc(C2=Nn3c(nnc3-c3ccccc3)SC2F)cc1. The Bertz CT molecular complexity index is 972. The Kier molecular flexibility index (Phi) is 3.77. The van der Waals surface area contributed by atoms with Gasteiger partial charge in [0.05, 0.1) is 4.92 Å². The van der Waals surface area contributed by atoms with Crippen molar-refractivity contribution in [1.82, 2.24) is 14.9 Å². The van der Waals surface area contributed by atoms with Gasteiger partial charge in [-0.2, -0.15) is 9.78 Å². The molecular weight excluding hydrogens is 345 g/mol. The van der Waals surface area contributed by atoms with E-state index in [-0.39, 0.29) is 11.4 Å². The number of aromatic nitrogens is 3. The lowest BCUT2D eigenvalue weighted by Gasteiger charge is -2.17. The van der Waals surface area contributed by atoms with Crippen molar-refractivity contribution in [2.45, 2.75) is 10.7 Å². The van der Waals surface area contributed by atoms with E-state index in [1.165, 1.54) is 28.9 Å². The van der Waals surface area contributed by atoms with Crippen molar-refractivity contribution >= 4 is 23.2 Å². The number of alkyl halides is 1. The molecule has 1 atom stereocenters. The summed E-state index contributed by atoms with van der Waals surface area (Å²) in [7, 11) is 0. The van der Waals surface area contributed by atoms with Crippen LogP contribution in [0, 0.1) is 10.1 Å². The highest BCUT2D eigenvalue weighted by molar-refractivity contribution is 8.00. The molecule has 1 unspecified atom stereocenters. The van der Waals surface area contributed by atoms with Gasteiger partial charge in [0.15, 0.2) is 11.3 Å². The van der Waals surface area contributed by atoms with Gasteiger partial charge < -0.3 is 0 Å². The molecule has 0 saturated heterocycles. The Balaban J connectivity index is 1.78. The van der Waals surface area contributed by atoms with Crippen LogP contribution in [0.3, 0.4) is 0 Å². The maximum absolute atomic E-state index is 14.5. The number of hydrogen-bond acceptors (Lipinski definition) is 6. The van der Waals surface area contributed by atoms with Gasteiger partial charge in [0.25, 0.3) is 5.69 Å². The van der Waals surface area contributed by atoms with Crippen LogP contribution in [0.4, 0.5) is 10.1 Å². The third kappa shape index (κ3) is 2.78. The summed E-state index contributed by atoms with van der Waals surface area (Å²) < 4.78 is 16.0. The van der Waals surface area contributed by atoms with Crippen LogP contribution in [-0.2, 0) is 0 Å². The van der Waals surface area contributed by atoms with Crippen LogP contribution in [-0.4, -0.2) is 31.0 Å². The molecule has 4 rings (SSSR count). The molecule has 25 heavy (non-hydrogen) atoms. The summed E-state index contributed by atoms with van der Waals surface area (Å²) in [4.78, 5) is 10.3. The van der Waals surface area contributed by atoms with Crippen molar-refractivity contribution in [2.75, 3.05) is 0 Å². The number of nitro groups is 1. The molecule has 0 fully saturated rings. The largest absolute Gasteiger partial charge is 0.269 e. The number of nitro benzene ring substituents is 1. The summed E-state index contributed by atoms with van der Waals surface area (Å²) in [5.74, 6) is 0.509. The fraction of sp³-hybridized carbons (Fsp3) is 0.0625. The van der Waals surface area contributed by atoms with Gasteiger partial charge >= 0.3 is 0 Å². The molecule has 124 valence electrons. The van der Waals surface area contributed by atoms with Gasteiger partial charge in [-0.05, 0) is 23.9 Å². The molecule has 0 saturated carbocycles. The second-order valence-corrected chi connectivity index (χ2v) is 6.22. The average Bonchev–Trinajstić information content (AvgIpc) is 3.04. The average molecular weight is 355 g/mol. The lowest BCUT2D eigenvalue weighted by Crippen LogP contribution is -2.20. The zero-order valence-corrected chi connectivity index (χ0v) is 13.4. The maximum atomic E-state index is 14.5. The number of thioether (sulfide) groups is 1. The minimum atomic E-state index is -1.43. The van der Waals surface area contributed by atoms with Gasteiger partial charge in [0, 0.05) is 23.3 Å². The van der Waals surface area contributed by atoms with Crippen LogP contribution in [0.15, 0.2) is 64.9 Å². The first-order valence-corrected chi connectivity index (χ1v) is 8.17. The second-order valence-electron chi connectivity index (χ2n) is 5.21. The van der Waals surface area contributed by atoms with Gasteiger partial charge in [0.2, 0.25) is 5.16 Å². The van der Waals surface area contributed by atoms with Crippen molar-refractivity contribution in [3.05, 3.63) is 70.3 Å². The highest BCUT2D eigenvalue weighted by atomic mass is 32.2. The molecule has 0 aliphatic carbocycles. The first-order chi connectivity index (χ1) is 12.1. The summed E-state index contributed by atoms with van der Waals surface area (Å²) >= 11 is 0.899. The molecule has 0 bridgehead atoms. The van der Waals surface area contributed by atoms with Crippen molar-refractivity contribution < 1.29 is 9.31 Å². The molecule has 9 heteroatoms. The van der Waals surface area contributed by atoms with E-state index in [1.54, 1.807) is 0 Å². The van der Waals surface area contributed by atoms with Gasteiger partial charge in [0.1, 0.15) is 5.71 Å². The highest BCUT2D eigenvalue weighted by Gasteiger charge is 2.29. The standard InChI is InChI=1S/C16H10FN5O2S/c17-14-13(10-6-8-12(9-7-10)22(23)24)20-21-15(18-19-16(21)25-14)11-4-2-1-3-5-11/h1-9,14H. The van der Waals surface area contributed by atoms with Gasteiger partial charge in [-0.25, -0.2) is 4.39 Å². The van der Waals surface area contributed by atoms with E-state index in [9.17, 15) is 14.5 Å². The van der Waals surface area contributed by atoms with Crippen LogP contribution in [0.2, 0.25) is 0 Å². The Labute approximate surface area is 145 Å². The fourth-order valence-electron chi connectivity index (χ4n) is 2.44. The molecule has 1 aliphatic rings. The Morgan fingerprint density at radius 2 is 1.76 bits per heavy atom. The predicted molar refractivity (Wildman–Crippen MR) is 91.2 cm³/mol. The third-order valence-electron chi connectivity index (χ3n) is 3.65. The monoisotopic (exact) mass is 355 g/mol. The lowest BCUT2D eigenvalue weighted by molar-refractivity contribution is -0.384. The second kappa shape index (κ2) is 6.10. The fourth-order valence-corrected chi connectivity index (χ4v) is 3.24. The molecule has 2 aromatic carbocycles. The molecular formula is C16H10FN5O2S. The lowest BCUT2D eigenvalue weighted by atomic mass is 10.1. The van der Waals surface area contributed by atoms with Crippen LogP contribution in [0.25, 0.3) is 11.4 Å². The topological polar surface area (TPSA) is 86.2 Å². The zero-order chi connectivity index (χ0) is 17.4. The normalized spacial score (nSPS) is 16.2. The molecule has 0 amide bonds. The Morgan fingerprint density at radius 3 is 2.44 bits per heavy atom. The third-order valence-corrected chi connectivity index (χ3v) is 4.55. The minimum Gasteiger partial charge on any atom is -0.258 e. The molecule has 2 heterocycles. The molecule has 3 aromatic rings. The van der Waals surface area contributed by atoms with E-state index in [0.29, 0.717) is 16.5 Å². The molecule has 1 aromatic heterocycles. The summed E-state index contributed by atoms with van der Waals surface area (Å²) in [6.45, 7) is 0. The number of nitrogens with zero attached hydrogens (tertiary/aromatic N) is 5. The Morgan fingerprint density at radius 1 is 1.04 bits per heavy atom. The van der Waals surface area contributed by atoms with Crippen LogP contribution >= 0.6 is 11.8 Å². The number of rotatable bonds is 3. The van der Waals surface area contributed by atoms with Crippen molar-refractivity contribution in [1.29, 1.82) is 0 Å².